The summed E-state index contributed by atoms with van der Waals surface area (Å²) in [7, 11) is 3.67. The van der Waals surface area contributed by atoms with Crippen LogP contribution in [0.5, 0.6) is 0 Å². The Morgan fingerprint density at radius 3 is 2.64 bits per heavy atom. The molecule has 3 heterocycles. The SMILES string of the molecule is CN(C)c1ncnc2c1nc(Br)n2C1OC(CO)C(O)C1O. The molecule has 0 radical (unpaired) electrons. The Kier molecular flexibility index (Phi) is 4.03. The fraction of sp³-hybridized carbons (Fsp3) is 0.583. The number of fused-ring (bicyclic) bond motifs is 1. The summed E-state index contributed by atoms with van der Waals surface area (Å²) in [5.74, 6) is 0.621. The van der Waals surface area contributed by atoms with Crippen LogP contribution in [0.2, 0.25) is 0 Å². The van der Waals surface area contributed by atoms with Crippen molar-refractivity contribution in [2.45, 2.75) is 24.5 Å². The van der Waals surface area contributed by atoms with Gasteiger partial charge < -0.3 is 25.0 Å². The van der Waals surface area contributed by atoms with Crippen molar-refractivity contribution >= 4 is 32.9 Å². The normalized spacial score (nSPS) is 28.5. The fourth-order valence-electron chi connectivity index (χ4n) is 2.52. The van der Waals surface area contributed by atoms with Gasteiger partial charge in [-0.3, -0.25) is 4.57 Å². The van der Waals surface area contributed by atoms with Crippen LogP contribution in [0.4, 0.5) is 5.82 Å². The highest BCUT2D eigenvalue weighted by molar-refractivity contribution is 9.10. The van der Waals surface area contributed by atoms with Gasteiger partial charge in [0.2, 0.25) is 0 Å². The summed E-state index contributed by atoms with van der Waals surface area (Å²) in [6.45, 7) is -0.392. The number of aliphatic hydroxyl groups excluding tert-OH is 3. The number of halogens is 1. The number of hydrogen-bond donors (Lipinski definition) is 3. The van der Waals surface area contributed by atoms with E-state index in [0.717, 1.165) is 0 Å². The van der Waals surface area contributed by atoms with Crippen LogP contribution in [-0.2, 0) is 4.74 Å². The van der Waals surface area contributed by atoms with Crippen LogP contribution in [0, 0.1) is 0 Å². The Bertz CT molecular complexity index is 693. The number of anilines is 1. The molecule has 0 bridgehead atoms. The van der Waals surface area contributed by atoms with Gasteiger partial charge in [0.1, 0.15) is 24.6 Å². The predicted molar refractivity (Wildman–Crippen MR) is 80.4 cm³/mol. The Morgan fingerprint density at radius 1 is 1.32 bits per heavy atom. The lowest BCUT2D eigenvalue weighted by Gasteiger charge is -2.18. The predicted octanol–water partition coefficient (Wildman–Crippen LogP) is -0.734. The molecular formula is C12H16BrN5O4. The second-order valence-electron chi connectivity index (χ2n) is 5.24. The van der Waals surface area contributed by atoms with E-state index < -0.39 is 31.1 Å². The number of imidazole rings is 1. The third kappa shape index (κ3) is 2.27. The molecule has 1 aliphatic heterocycles. The summed E-state index contributed by atoms with van der Waals surface area (Å²) >= 11 is 3.32. The van der Waals surface area contributed by atoms with Gasteiger partial charge in [-0.25, -0.2) is 15.0 Å². The van der Waals surface area contributed by atoms with Crippen molar-refractivity contribution in [2.75, 3.05) is 25.6 Å². The van der Waals surface area contributed by atoms with Crippen molar-refractivity contribution in [3.8, 4) is 0 Å². The third-order valence-electron chi connectivity index (χ3n) is 3.61. The standard InChI is InChI=1S/C12H16BrN5O4/c1-17(2)9-6-10(15-4-14-9)18(12(13)16-6)11-8(21)7(20)5(3-19)22-11/h4-5,7-8,11,19-21H,3H2,1-2H3. The van der Waals surface area contributed by atoms with Gasteiger partial charge in [0.25, 0.3) is 0 Å². The molecule has 3 N–H and O–H groups in total. The van der Waals surface area contributed by atoms with Gasteiger partial charge in [-0.2, -0.15) is 0 Å². The van der Waals surface area contributed by atoms with E-state index >= 15 is 0 Å². The summed E-state index contributed by atoms with van der Waals surface area (Å²) in [4.78, 5) is 14.5. The van der Waals surface area contributed by atoms with Gasteiger partial charge in [0, 0.05) is 14.1 Å². The van der Waals surface area contributed by atoms with E-state index in [2.05, 4.69) is 30.9 Å². The van der Waals surface area contributed by atoms with E-state index in [-0.39, 0.29) is 0 Å². The second-order valence-corrected chi connectivity index (χ2v) is 5.95. The number of aliphatic hydroxyl groups is 3. The number of hydrogen-bond acceptors (Lipinski definition) is 8. The van der Waals surface area contributed by atoms with E-state index in [1.807, 2.05) is 14.1 Å². The van der Waals surface area contributed by atoms with Crippen LogP contribution in [0.15, 0.2) is 11.1 Å². The molecule has 2 aromatic heterocycles. The van der Waals surface area contributed by atoms with Crippen LogP contribution in [0.1, 0.15) is 6.23 Å². The smallest absolute Gasteiger partial charge is 0.181 e. The molecule has 3 rings (SSSR count). The van der Waals surface area contributed by atoms with Crippen LogP contribution >= 0.6 is 15.9 Å². The minimum atomic E-state index is -1.20. The zero-order valence-corrected chi connectivity index (χ0v) is 13.5. The van der Waals surface area contributed by atoms with Gasteiger partial charge >= 0.3 is 0 Å². The molecule has 0 aromatic carbocycles. The first kappa shape index (κ1) is 15.6. The number of ether oxygens (including phenoxy) is 1. The molecule has 0 aliphatic carbocycles. The highest BCUT2D eigenvalue weighted by atomic mass is 79.9. The Morgan fingerprint density at radius 2 is 2.05 bits per heavy atom. The molecule has 120 valence electrons. The van der Waals surface area contributed by atoms with Crippen LogP contribution < -0.4 is 4.90 Å². The Balaban J connectivity index is 2.12. The van der Waals surface area contributed by atoms with Crippen molar-refractivity contribution < 1.29 is 20.1 Å². The lowest BCUT2D eigenvalue weighted by atomic mass is 10.1. The zero-order chi connectivity index (χ0) is 16.0. The topological polar surface area (TPSA) is 117 Å². The quantitative estimate of drug-likeness (QED) is 0.602. The Hall–Kier alpha value is -1.33. The van der Waals surface area contributed by atoms with Crippen LogP contribution in [0.3, 0.4) is 0 Å². The van der Waals surface area contributed by atoms with E-state index in [1.54, 1.807) is 4.90 Å². The molecule has 1 saturated heterocycles. The van der Waals surface area contributed by atoms with Crippen molar-refractivity contribution in [3.05, 3.63) is 11.1 Å². The minimum absolute atomic E-state index is 0.390. The molecule has 10 heteroatoms. The third-order valence-corrected chi connectivity index (χ3v) is 4.17. The molecule has 22 heavy (non-hydrogen) atoms. The highest BCUT2D eigenvalue weighted by Gasteiger charge is 2.44. The first-order chi connectivity index (χ1) is 10.5. The largest absolute Gasteiger partial charge is 0.394 e. The molecule has 4 atom stereocenters. The monoisotopic (exact) mass is 373 g/mol. The summed E-state index contributed by atoms with van der Waals surface area (Å²) < 4.78 is 7.46. The molecule has 0 saturated carbocycles. The van der Waals surface area contributed by atoms with Gasteiger partial charge in [-0.05, 0) is 15.9 Å². The maximum Gasteiger partial charge on any atom is 0.181 e. The maximum absolute atomic E-state index is 10.2. The van der Waals surface area contributed by atoms with Crippen molar-refractivity contribution in [3.63, 3.8) is 0 Å². The lowest BCUT2D eigenvalue weighted by Crippen LogP contribution is -2.33. The van der Waals surface area contributed by atoms with E-state index in [9.17, 15) is 15.3 Å². The molecule has 4 unspecified atom stereocenters. The molecule has 0 spiro atoms. The van der Waals surface area contributed by atoms with Gasteiger partial charge in [0.15, 0.2) is 27.9 Å². The van der Waals surface area contributed by atoms with Gasteiger partial charge in [-0.15, -0.1) is 0 Å². The average molecular weight is 374 g/mol. The molecule has 2 aromatic rings. The summed E-state index contributed by atoms with van der Waals surface area (Å²) in [5.41, 5.74) is 0.998. The number of nitrogens with zero attached hydrogens (tertiary/aromatic N) is 5. The molecule has 9 nitrogen and oxygen atoms in total. The number of aromatic nitrogens is 4. The first-order valence-electron chi connectivity index (χ1n) is 6.64. The molecule has 1 fully saturated rings. The van der Waals surface area contributed by atoms with Crippen molar-refractivity contribution in [1.82, 2.24) is 19.5 Å². The van der Waals surface area contributed by atoms with E-state index in [1.165, 1.54) is 10.9 Å². The summed E-state index contributed by atoms with van der Waals surface area (Å²) in [6.07, 6.45) is -2.77. The average Bonchev–Trinajstić information content (AvgIpc) is 2.96. The second kappa shape index (κ2) is 5.70. The lowest BCUT2D eigenvalue weighted by molar-refractivity contribution is -0.0521. The maximum atomic E-state index is 10.2. The van der Waals surface area contributed by atoms with Crippen molar-refractivity contribution in [1.29, 1.82) is 0 Å². The zero-order valence-electron chi connectivity index (χ0n) is 12.0. The van der Waals surface area contributed by atoms with Gasteiger partial charge in [0.05, 0.1) is 6.61 Å². The van der Waals surface area contributed by atoms with E-state index in [4.69, 9.17) is 4.74 Å². The van der Waals surface area contributed by atoms with E-state index in [0.29, 0.717) is 21.7 Å². The fourth-order valence-corrected chi connectivity index (χ4v) is 3.06. The van der Waals surface area contributed by atoms with Crippen molar-refractivity contribution in [2.24, 2.45) is 0 Å². The Labute approximate surface area is 134 Å². The van der Waals surface area contributed by atoms with Crippen LogP contribution in [0.25, 0.3) is 11.2 Å². The number of rotatable bonds is 3. The molecule has 1 aliphatic rings. The first-order valence-corrected chi connectivity index (χ1v) is 7.43. The van der Waals surface area contributed by atoms with Crippen LogP contribution in [-0.4, -0.2) is 73.9 Å². The summed E-state index contributed by atoms with van der Waals surface area (Å²) in [6, 6.07) is 0. The molecule has 0 amide bonds. The summed E-state index contributed by atoms with van der Waals surface area (Å²) in [5, 5.41) is 29.3. The minimum Gasteiger partial charge on any atom is -0.394 e. The molecular weight excluding hydrogens is 358 g/mol. The highest BCUT2D eigenvalue weighted by Crippen LogP contribution is 2.35. The van der Waals surface area contributed by atoms with Gasteiger partial charge in [-0.1, -0.05) is 0 Å².